The molecule has 5 N–H and O–H groups in total. The Balaban J connectivity index is 2.47. The normalized spacial score (nSPS) is 16.1. The van der Waals surface area contributed by atoms with Gasteiger partial charge >= 0.3 is 7.12 Å². The molecule has 0 aliphatic rings. The maximum Gasteiger partial charge on any atom is 0.451 e. The van der Waals surface area contributed by atoms with Crippen molar-refractivity contribution in [1.82, 2.24) is 4.98 Å². The Bertz CT molecular complexity index is 346. The summed E-state index contributed by atoms with van der Waals surface area (Å²) >= 11 is 0. The van der Waals surface area contributed by atoms with E-state index in [0.29, 0.717) is 24.7 Å². The molecule has 0 aliphatic carbocycles. The van der Waals surface area contributed by atoms with Gasteiger partial charge in [-0.1, -0.05) is 18.9 Å². The minimum absolute atomic E-state index is 0.332. The molecule has 100 valence electrons. The van der Waals surface area contributed by atoms with Crippen molar-refractivity contribution >= 4 is 7.12 Å². The molecule has 18 heavy (non-hydrogen) atoms. The van der Waals surface area contributed by atoms with E-state index in [1.807, 2.05) is 0 Å². The average molecular weight is 252 g/mol. The van der Waals surface area contributed by atoms with Crippen molar-refractivity contribution in [3.63, 3.8) is 0 Å². The molecule has 1 aromatic heterocycles. The van der Waals surface area contributed by atoms with Crippen LogP contribution < -0.4 is 5.73 Å². The zero-order valence-electron chi connectivity index (χ0n) is 10.7. The number of pyridine rings is 1. The van der Waals surface area contributed by atoms with E-state index in [4.69, 9.17) is 15.8 Å². The van der Waals surface area contributed by atoms with Crippen molar-refractivity contribution in [1.29, 1.82) is 0 Å². The van der Waals surface area contributed by atoms with Crippen LogP contribution in [0.1, 0.15) is 37.9 Å². The number of aliphatic hydroxyl groups is 1. The molecule has 6 heteroatoms. The summed E-state index contributed by atoms with van der Waals surface area (Å²) in [4.78, 5) is 3.96. The summed E-state index contributed by atoms with van der Waals surface area (Å²) in [5.41, 5.74) is 6.06. The molecule has 0 aromatic carbocycles. The van der Waals surface area contributed by atoms with Crippen molar-refractivity contribution in [3.05, 3.63) is 30.1 Å². The fraction of sp³-hybridized carbons (Fsp3) is 0.583. The van der Waals surface area contributed by atoms with Crippen LogP contribution in [0.2, 0.25) is 6.32 Å². The number of unbranched alkanes of at least 4 members (excludes halogenated alkanes) is 1. The molecule has 5 nitrogen and oxygen atoms in total. The summed E-state index contributed by atoms with van der Waals surface area (Å²) in [5, 5.41) is 27.7. The lowest BCUT2D eigenvalue weighted by atomic mass is 9.80. The maximum absolute atomic E-state index is 10.2. The van der Waals surface area contributed by atoms with Gasteiger partial charge in [0.1, 0.15) is 0 Å². The third kappa shape index (κ3) is 4.74. The van der Waals surface area contributed by atoms with Gasteiger partial charge in [0.15, 0.2) is 0 Å². The SMILES string of the molecule is CC(N)(CCCCB(O)O)C(O)c1cccnc1. The summed E-state index contributed by atoms with van der Waals surface area (Å²) in [6, 6.07) is 3.55. The van der Waals surface area contributed by atoms with Crippen molar-refractivity contribution < 1.29 is 15.2 Å². The summed E-state index contributed by atoms with van der Waals surface area (Å²) < 4.78 is 0. The predicted octanol–water partition coefficient (Wildman–Crippen LogP) is 0.476. The molecule has 0 bridgehead atoms. The highest BCUT2D eigenvalue weighted by atomic mass is 16.4. The van der Waals surface area contributed by atoms with Gasteiger partial charge in [-0.2, -0.15) is 0 Å². The van der Waals surface area contributed by atoms with Crippen LogP contribution in [0.5, 0.6) is 0 Å². The van der Waals surface area contributed by atoms with Crippen molar-refractivity contribution in [3.8, 4) is 0 Å². The number of hydrogen-bond donors (Lipinski definition) is 4. The molecule has 0 aliphatic heterocycles. The lowest BCUT2D eigenvalue weighted by Crippen LogP contribution is -2.42. The summed E-state index contributed by atoms with van der Waals surface area (Å²) in [7, 11) is -1.27. The first-order chi connectivity index (χ1) is 8.43. The first kappa shape index (κ1) is 15.1. The third-order valence-corrected chi connectivity index (χ3v) is 3.05. The smallest absolute Gasteiger partial charge is 0.427 e. The van der Waals surface area contributed by atoms with Crippen LogP contribution in [-0.4, -0.2) is 32.8 Å². The second kappa shape index (κ2) is 6.85. The van der Waals surface area contributed by atoms with Gasteiger partial charge < -0.3 is 20.9 Å². The molecule has 2 unspecified atom stereocenters. The largest absolute Gasteiger partial charge is 0.451 e. The van der Waals surface area contributed by atoms with E-state index in [2.05, 4.69) is 4.98 Å². The number of aromatic nitrogens is 1. The van der Waals surface area contributed by atoms with Gasteiger partial charge in [-0.05, 0) is 25.7 Å². The van der Waals surface area contributed by atoms with Crippen LogP contribution in [0.4, 0.5) is 0 Å². The number of nitrogens with two attached hydrogens (primary N) is 1. The Morgan fingerprint density at radius 2 is 2.17 bits per heavy atom. The lowest BCUT2D eigenvalue weighted by Gasteiger charge is -2.30. The Labute approximate surface area is 108 Å². The molecule has 0 saturated heterocycles. The topological polar surface area (TPSA) is 99.6 Å². The Morgan fingerprint density at radius 1 is 1.44 bits per heavy atom. The van der Waals surface area contributed by atoms with E-state index < -0.39 is 18.8 Å². The molecule has 0 saturated carbocycles. The van der Waals surface area contributed by atoms with E-state index >= 15 is 0 Å². The van der Waals surface area contributed by atoms with Crippen molar-refractivity contribution in [2.45, 2.75) is 44.1 Å². The number of rotatable bonds is 7. The van der Waals surface area contributed by atoms with Crippen LogP contribution in [0, 0.1) is 0 Å². The van der Waals surface area contributed by atoms with Crippen LogP contribution in [0.15, 0.2) is 24.5 Å². The van der Waals surface area contributed by atoms with Crippen molar-refractivity contribution in [2.75, 3.05) is 0 Å². The van der Waals surface area contributed by atoms with E-state index in [9.17, 15) is 5.11 Å². The molecule has 1 aromatic rings. The third-order valence-electron chi connectivity index (χ3n) is 3.05. The van der Waals surface area contributed by atoms with Crippen LogP contribution in [0.25, 0.3) is 0 Å². The molecule has 0 radical (unpaired) electrons. The molecule has 0 fully saturated rings. The molecule has 2 atom stereocenters. The highest BCUT2D eigenvalue weighted by Gasteiger charge is 2.29. The van der Waals surface area contributed by atoms with Gasteiger partial charge in [0.05, 0.1) is 6.10 Å². The maximum atomic E-state index is 10.2. The number of nitrogens with zero attached hydrogens (tertiary/aromatic N) is 1. The average Bonchev–Trinajstić information content (AvgIpc) is 2.34. The Hall–Kier alpha value is -0.945. The molecular formula is C12H21BN2O3. The summed E-state index contributed by atoms with van der Waals surface area (Å²) in [6.45, 7) is 1.79. The fourth-order valence-corrected chi connectivity index (χ4v) is 1.89. The van der Waals surface area contributed by atoms with E-state index in [0.717, 1.165) is 6.42 Å². The molecule has 1 rings (SSSR count). The lowest BCUT2D eigenvalue weighted by molar-refractivity contribution is 0.0868. The number of aliphatic hydroxyl groups excluding tert-OH is 1. The molecule has 0 spiro atoms. The standard InChI is InChI=1S/C12H21BN2O3/c1-12(14,6-2-3-7-13(17)18)11(16)10-5-4-8-15-9-10/h4-5,8-9,11,16-18H,2-3,6-7,14H2,1H3. The predicted molar refractivity (Wildman–Crippen MR) is 70.6 cm³/mol. The van der Waals surface area contributed by atoms with E-state index in [1.165, 1.54) is 0 Å². The zero-order chi connectivity index (χ0) is 13.6. The van der Waals surface area contributed by atoms with E-state index in [-0.39, 0.29) is 0 Å². The highest BCUT2D eigenvalue weighted by Crippen LogP contribution is 2.27. The second-order valence-electron chi connectivity index (χ2n) is 4.92. The van der Waals surface area contributed by atoms with Gasteiger partial charge in [0.25, 0.3) is 0 Å². The Kier molecular flexibility index (Phi) is 5.75. The van der Waals surface area contributed by atoms with Gasteiger partial charge in [0, 0.05) is 23.5 Å². The summed E-state index contributed by atoms with van der Waals surface area (Å²) in [5.74, 6) is 0. The molecule has 0 amide bonds. The van der Waals surface area contributed by atoms with Crippen molar-refractivity contribution in [2.24, 2.45) is 5.73 Å². The van der Waals surface area contributed by atoms with Gasteiger partial charge in [0.2, 0.25) is 0 Å². The minimum Gasteiger partial charge on any atom is -0.427 e. The van der Waals surface area contributed by atoms with E-state index in [1.54, 1.807) is 31.5 Å². The molecular weight excluding hydrogens is 231 g/mol. The van der Waals surface area contributed by atoms with Crippen LogP contribution >= 0.6 is 0 Å². The monoisotopic (exact) mass is 252 g/mol. The van der Waals surface area contributed by atoms with Gasteiger partial charge in [-0.15, -0.1) is 0 Å². The first-order valence-electron chi connectivity index (χ1n) is 6.16. The fourth-order valence-electron chi connectivity index (χ4n) is 1.89. The highest BCUT2D eigenvalue weighted by molar-refractivity contribution is 6.40. The quantitative estimate of drug-likeness (QED) is 0.417. The summed E-state index contributed by atoms with van der Waals surface area (Å²) in [6.07, 6.45) is 4.83. The van der Waals surface area contributed by atoms with Gasteiger partial charge in [-0.25, -0.2) is 0 Å². The second-order valence-corrected chi connectivity index (χ2v) is 4.92. The number of hydrogen-bond acceptors (Lipinski definition) is 5. The molecule has 1 heterocycles. The zero-order valence-corrected chi connectivity index (χ0v) is 10.7. The first-order valence-corrected chi connectivity index (χ1v) is 6.16. The van der Waals surface area contributed by atoms with Crippen LogP contribution in [-0.2, 0) is 0 Å². The minimum atomic E-state index is -1.27. The Morgan fingerprint density at radius 3 is 2.72 bits per heavy atom. The van der Waals surface area contributed by atoms with Gasteiger partial charge in [-0.3, -0.25) is 4.98 Å². The van der Waals surface area contributed by atoms with Crippen LogP contribution in [0.3, 0.4) is 0 Å².